The highest BCUT2D eigenvalue weighted by atomic mass is 16.5. The van der Waals surface area contributed by atoms with Gasteiger partial charge in [-0.25, -0.2) is 4.79 Å². The van der Waals surface area contributed by atoms with Crippen molar-refractivity contribution < 1.29 is 9.53 Å². The summed E-state index contributed by atoms with van der Waals surface area (Å²) in [5.74, 6) is -0.370. The maximum atomic E-state index is 11.4. The molecule has 1 heterocycles. The Morgan fingerprint density at radius 3 is 2.71 bits per heavy atom. The second kappa shape index (κ2) is 4.05. The Bertz CT molecular complexity index is 383. The van der Waals surface area contributed by atoms with Crippen molar-refractivity contribution in [2.45, 2.75) is 13.8 Å². The van der Waals surface area contributed by atoms with E-state index in [0.29, 0.717) is 11.3 Å². The molecule has 3 nitrogen and oxygen atoms in total. The van der Waals surface area contributed by atoms with Gasteiger partial charge in [-0.15, -0.1) is 0 Å². The highest BCUT2D eigenvalue weighted by molar-refractivity contribution is 5.94. The molecule has 0 saturated carbocycles. The van der Waals surface area contributed by atoms with Gasteiger partial charge in [-0.3, -0.25) is 4.98 Å². The van der Waals surface area contributed by atoms with Crippen molar-refractivity contribution in [3.8, 4) is 0 Å². The number of hydrogen-bond donors (Lipinski definition) is 0. The van der Waals surface area contributed by atoms with Crippen LogP contribution in [0.15, 0.2) is 12.6 Å². The first kappa shape index (κ1) is 10.4. The fourth-order valence-corrected chi connectivity index (χ4v) is 1.38. The summed E-state index contributed by atoms with van der Waals surface area (Å²) in [6.07, 6.45) is 1.56. The molecule has 0 unspecified atom stereocenters. The number of pyridine rings is 1. The lowest BCUT2D eigenvalue weighted by Gasteiger charge is -2.07. The maximum absolute atomic E-state index is 11.4. The fourth-order valence-electron chi connectivity index (χ4n) is 1.38. The second-order valence-corrected chi connectivity index (χ2v) is 3.04. The number of carbonyl (C=O) groups excluding carboxylic acids is 1. The highest BCUT2D eigenvalue weighted by Crippen LogP contribution is 2.15. The standard InChI is InChI=1S/C11H13NO2/c1-5-9-10(11(13)14-4)7(2)6-8(3)12-9/h5-6H,1H2,2-4H3. The van der Waals surface area contributed by atoms with Crippen molar-refractivity contribution in [1.82, 2.24) is 4.98 Å². The molecule has 1 rings (SSSR count). The topological polar surface area (TPSA) is 39.2 Å². The summed E-state index contributed by atoms with van der Waals surface area (Å²) in [7, 11) is 1.36. The number of esters is 1. The van der Waals surface area contributed by atoms with Crippen LogP contribution in [-0.2, 0) is 4.74 Å². The van der Waals surface area contributed by atoms with Crippen LogP contribution >= 0.6 is 0 Å². The van der Waals surface area contributed by atoms with E-state index in [1.54, 1.807) is 6.08 Å². The molecule has 1 aromatic rings. The van der Waals surface area contributed by atoms with Crippen molar-refractivity contribution in [1.29, 1.82) is 0 Å². The number of hydrogen-bond acceptors (Lipinski definition) is 3. The normalized spacial score (nSPS) is 9.64. The molecule has 0 radical (unpaired) electrons. The lowest BCUT2D eigenvalue weighted by molar-refractivity contribution is 0.0599. The zero-order chi connectivity index (χ0) is 10.7. The van der Waals surface area contributed by atoms with Gasteiger partial charge in [0.2, 0.25) is 0 Å². The first-order chi connectivity index (χ1) is 6.60. The van der Waals surface area contributed by atoms with Crippen LogP contribution in [-0.4, -0.2) is 18.1 Å². The zero-order valence-electron chi connectivity index (χ0n) is 8.63. The molecule has 0 amide bonds. The van der Waals surface area contributed by atoms with Crippen molar-refractivity contribution in [3.63, 3.8) is 0 Å². The lowest BCUT2D eigenvalue weighted by atomic mass is 10.1. The van der Waals surface area contributed by atoms with Crippen LogP contribution in [0.5, 0.6) is 0 Å². The Labute approximate surface area is 83.4 Å². The van der Waals surface area contributed by atoms with E-state index < -0.39 is 0 Å². The van der Waals surface area contributed by atoms with Crippen LogP contribution in [0.3, 0.4) is 0 Å². The van der Waals surface area contributed by atoms with Crippen LogP contribution in [0.1, 0.15) is 27.3 Å². The minimum atomic E-state index is -0.370. The molecule has 14 heavy (non-hydrogen) atoms. The molecule has 0 aliphatic heterocycles. The summed E-state index contributed by atoms with van der Waals surface area (Å²) in [6, 6.07) is 1.85. The first-order valence-corrected chi connectivity index (χ1v) is 4.29. The van der Waals surface area contributed by atoms with Gasteiger partial charge in [0.1, 0.15) is 0 Å². The summed E-state index contributed by atoms with van der Waals surface area (Å²) in [4.78, 5) is 15.6. The number of ether oxygens (including phenoxy) is 1. The van der Waals surface area contributed by atoms with Crippen LogP contribution in [0.25, 0.3) is 6.08 Å². The molecule has 0 aromatic carbocycles. The second-order valence-electron chi connectivity index (χ2n) is 3.04. The number of nitrogens with zero attached hydrogens (tertiary/aromatic N) is 1. The van der Waals surface area contributed by atoms with E-state index in [9.17, 15) is 4.79 Å². The molecule has 0 bridgehead atoms. The third-order valence-electron chi connectivity index (χ3n) is 1.96. The van der Waals surface area contributed by atoms with Crippen molar-refractivity contribution in [3.05, 3.63) is 35.2 Å². The Balaban J connectivity index is 3.39. The maximum Gasteiger partial charge on any atom is 0.340 e. The molecule has 1 aromatic heterocycles. The summed E-state index contributed by atoms with van der Waals surface area (Å²) in [5, 5.41) is 0. The molecule has 3 heteroatoms. The molecule has 0 aliphatic carbocycles. The quantitative estimate of drug-likeness (QED) is 0.672. The van der Waals surface area contributed by atoms with Gasteiger partial charge in [0, 0.05) is 5.69 Å². The van der Waals surface area contributed by atoms with E-state index in [2.05, 4.69) is 16.3 Å². The van der Waals surface area contributed by atoms with Gasteiger partial charge in [0.05, 0.1) is 18.4 Å². The number of aromatic nitrogens is 1. The first-order valence-electron chi connectivity index (χ1n) is 4.29. The molecule has 0 N–H and O–H groups in total. The smallest absolute Gasteiger partial charge is 0.340 e. The number of rotatable bonds is 2. The third-order valence-corrected chi connectivity index (χ3v) is 1.96. The Hall–Kier alpha value is -1.64. The number of carbonyl (C=O) groups is 1. The zero-order valence-corrected chi connectivity index (χ0v) is 8.63. The monoisotopic (exact) mass is 191 g/mol. The number of aryl methyl sites for hydroxylation is 2. The van der Waals surface area contributed by atoms with E-state index >= 15 is 0 Å². The van der Waals surface area contributed by atoms with Crippen molar-refractivity contribution in [2.24, 2.45) is 0 Å². The summed E-state index contributed by atoms with van der Waals surface area (Å²) in [5.41, 5.74) is 2.80. The largest absolute Gasteiger partial charge is 0.465 e. The molecular formula is C11H13NO2. The molecule has 74 valence electrons. The average Bonchev–Trinajstić information content (AvgIpc) is 2.15. The van der Waals surface area contributed by atoms with E-state index in [1.165, 1.54) is 7.11 Å². The molecule has 0 fully saturated rings. The van der Waals surface area contributed by atoms with E-state index in [4.69, 9.17) is 0 Å². The molecule has 0 saturated heterocycles. The van der Waals surface area contributed by atoms with Gasteiger partial charge in [-0.2, -0.15) is 0 Å². The summed E-state index contributed by atoms with van der Waals surface area (Å²) in [6.45, 7) is 7.35. The third kappa shape index (κ3) is 1.82. The van der Waals surface area contributed by atoms with Gasteiger partial charge in [0.25, 0.3) is 0 Å². The van der Waals surface area contributed by atoms with Crippen LogP contribution in [0.2, 0.25) is 0 Å². The summed E-state index contributed by atoms with van der Waals surface area (Å²) < 4.78 is 4.67. The van der Waals surface area contributed by atoms with E-state index in [1.807, 2.05) is 19.9 Å². The van der Waals surface area contributed by atoms with Gasteiger partial charge < -0.3 is 4.74 Å². The predicted molar refractivity (Wildman–Crippen MR) is 55.1 cm³/mol. The Morgan fingerprint density at radius 1 is 1.57 bits per heavy atom. The lowest BCUT2D eigenvalue weighted by Crippen LogP contribution is -2.08. The van der Waals surface area contributed by atoms with Gasteiger partial charge in [-0.1, -0.05) is 6.58 Å². The highest BCUT2D eigenvalue weighted by Gasteiger charge is 2.14. The molecule has 0 aliphatic rings. The Kier molecular flexibility index (Phi) is 3.02. The van der Waals surface area contributed by atoms with Gasteiger partial charge >= 0.3 is 5.97 Å². The van der Waals surface area contributed by atoms with Crippen molar-refractivity contribution in [2.75, 3.05) is 7.11 Å². The molecule has 0 spiro atoms. The van der Waals surface area contributed by atoms with Crippen molar-refractivity contribution >= 4 is 12.0 Å². The summed E-state index contributed by atoms with van der Waals surface area (Å²) >= 11 is 0. The van der Waals surface area contributed by atoms with Crippen LogP contribution in [0, 0.1) is 13.8 Å². The minimum Gasteiger partial charge on any atom is -0.465 e. The fraction of sp³-hybridized carbons (Fsp3) is 0.273. The predicted octanol–water partition coefficient (Wildman–Crippen LogP) is 2.13. The van der Waals surface area contributed by atoms with E-state index in [-0.39, 0.29) is 5.97 Å². The van der Waals surface area contributed by atoms with E-state index in [0.717, 1.165) is 11.3 Å². The average molecular weight is 191 g/mol. The van der Waals surface area contributed by atoms with Gasteiger partial charge in [0.15, 0.2) is 0 Å². The SMILES string of the molecule is C=Cc1nc(C)cc(C)c1C(=O)OC. The van der Waals surface area contributed by atoms with Crippen LogP contribution < -0.4 is 0 Å². The number of methoxy groups -OCH3 is 1. The molecule has 0 atom stereocenters. The van der Waals surface area contributed by atoms with Gasteiger partial charge in [-0.05, 0) is 31.6 Å². The van der Waals surface area contributed by atoms with Crippen LogP contribution in [0.4, 0.5) is 0 Å². The Morgan fingerprint density at radius 2 is 2.21 bits per heavy atom. The molecular weight excluding hydrogens is 178 g/mol. The minimum absolute atomic E-state index is 0.370.